The molecule has 96 valence electrons. The van der Waals surface area contributed by atoms with Crippen molar-refractivity contribution in [3.63, 3.8) is 0 Å². The molecule has 0 N–H and O–H groups in total. The minimum atomic E-state index is 0.392. The highest BCUT2D eigenvalue weighted by Crippen LogP contribution is 2.28. The summed E-state index contributed by atoms with van der Waals surface area (Å²) in [6.07, 6.45) is 0. The van der Waals surface area contributed by atoms with Crippen LogP contribution >= 0.6 is 0 Å². The summed E-state index contributed by atoms with van der Waals surface area (Å²) in [5.74, 6) is 1.05. The lowest BCUT2D eigenvalue weighted by molar-refractivity contribution is 0.624. The fourth-order valence-electron chi connectivity index (χ4n) is 2.47. The fourth-order valence-corrected chi connectivity index (χ4v) is 2.47. The smallest absolute Gasteiger partial charge is 0.141 e. The molecule has 0 aliphatic rings. The van der Waals surface area contributed by atoms with Crippen LogP contribution in [0.5, 0.6) is 0 Å². The number of para-hydroxylation sites is 2. The molecule has 0 bridgehead atoms. The van der Waals surface area contributed by atoms with Crippen molar-refractivity contribution < 1.29 is 0 Å². The van der Waals surface area contributed by atoms with E-state index in [0.29, 0.717) is 6.04 Å². The first-order valence-electron chi connectivity index (χ1n) is 6.71. The van der Waals surface area contributed by atoms with Gasteiger partial charge in [-0.15, -0.1) is 0 Å². The van der Waals surface area contributed by atoms with Gasteiger partial charge in [0.25, 0.3) is 0 Å². The maximum absolute atomic E-state index is 4.80. The summed E-state index contributed by atoms with van der Waals surface area (Å²) in [6, 6.07) is 17.3. The molecule has 2 nitrogen and oxygen atoms in total. The second-order valence-electron chi connectivity index (χ2n) is 5.25. The number of fused-ring (bicyclic) bond motifs is 1. The van der Waals surface area contributed by atoms with Crippen LogP contribution in [0.1, 0.15) is 25.5 Å². The lowest BCUT2D eigenvalue weighted by atomic mass is 10.1. The predicted molar refractivity (Wildman–Crippen MR) is 80.3 cm³/mol. The largest absolute Gasteiger partial charge is 0.321 e. The Hall–Kier alpha value is -2.09. The van der Waals surface area contributed by atoms with Gasteiger partial charge >= 0.3 is 0 Å². The molecular formula is C17H18N2. The van der Waals surface area contributed by atoms with Crippen LogP contribution < -0.4 is 0 Å². The van der Waals surface area contributed by atoms with Crippen LogP contribution in [-0.4, -0.2) is 9.55 Å². The fraction of sp³-hybridized carbons (Fsp3) is 0.235. The zero-order valence-corrected chi connectivity index (χ0v) is 11.6. The van der Waals surface area contributed by atoms with Gasteiger partial charge < -0.3 is 4.57 Å². The molecular weight excluding hydrogens is 232 g/mol. The average Bonchev–Trinajstić information content (AvgIpc) is 2.78. The van der Waals surface area contributed by atoms with Gasteiger partial charge in [0.2, 0.25) is 0 Å². The first kappa shape index (κ1) is 12.0. The number of aromatic nitrogens is 2. The topological polar surface area (TPSA) is 17.8 Å². The molecule has 2 aromatic carbocycles. The molecule has 1 aromatic heterocycles. The van der Waals surface area contributed by atoms with Crippen molar-refractivity contribution >= 4 is 11.0 Å². The van der Waals surface area contributed by atoms with Crippen molar-refractivity contribution in [3.8, 4) is 11.4 Å². The van der Waals surface area contributed by atoms with Crippen molar-refractivity contribution in [1.29, 1.82) is 0 Å². The lowest BCUT2D eigenvalue weighted by Gasteiger charge is -2.13. The maximum atomic E-state index is 4.80. The Kier molecular flexibility index (Phi) is 2.86. The second-order valence-corrected chi connectivity index (χ2v) is 5.25. The van der Waals surface area contributed by atoms with E-state index in [4.69, 9.17) is 4.98 Å². The van der Waals surface area contributed by atoms with E-state index in [-0.39, 0.29) is 0 Å². The van der Waals surface area contributed by atoms with Gasteiger partial charge in [0.1, 0.15) is 5.82 Å². The van der Waals surface area contributed by atoms with E-state index < -0.39 is 0 Å². The minimum Gasteiger partial charge on any atom is -0.321 e. The first-order valence-corrected chi connectivity index (χ1v) is 6.71. The van der Waals surface area contributed by atoms with E-state index >= 15 is 0 Å². The molecule has 0 unspecified atom stereocenters. The Labute approximate surface area is 113 Å². The summed E-state index contributed by atoms with van der Waals surface area (Å²) in [5, 5.41) is 0. The van der Waals surface area contributed by atoms with Crippen LogP contribution in [0, 0.1) is 6.92 Å². The van der Waals surface area contributed by atoms with Crippen molar-refractivity contribution in [2.45, 2.75) is 26.8 Å². The third-order valence-electron chi connectivity index (χ3n) is 3.42. The summed E-state index contributed by atoms with van der Waals surface area (Å²) < 4.78 is 2.31. The molecule has 0 atom stereocenters. The molecule has 0 fully saturated rings. The predicted octanol–water partition coefficient (Wildman–Crippen LogP) is 4.59. The maximum Gasteiger partial charge on any atom is 0.141 e. The standard InChI is InChI=1S/C17H18N2/c1-12(2)19-16-7-5-4-6-15(16)18-17(19)14-10-8-13(3)9-11-14/h4-12H,1-3H3. The highest BCUT2D eigenvalue weighted by molar-refractivity contribution is 5.80. The van der Waals surface area contributed by atoms with E-state index in [0.717, 1.165) is 11.3 Å². The summed E-state index contributed by atoms with van der Waals surface area (Å²) in [7, 11) is 0. The Morgan fingerprint density at radius 2 is 1.63 bits per heavy atom. The van der Waals surface area contributed by atoms with Crippen LogP contribution in [0.25, 0.3) is 22.4 Å². The quantitative estimate of drug-likeness (QED) is 0.650. The average molecular weight is 250 g/mol. The second kappa shape index (κ2) is 4.54. The molecule has 0 spiro atoms. The molecule has 0 saturated carbocycles. The van der Waals surface area contributed by atoms with Crippen LogP contribution in [0.4, 0.5) is 0 Å². The summed E-state index contributed by atoms with van der Waals surface area (Å²) in [5.41, 5.74) is 4.71. The van der Waals surface area contributed by atoms with Gasteiger partial charge in [-0.05, 0) is 32.9 Å². The van der Waals surface area contributed by atoms with Gasteiger partial charge in [0.05, 0.1) is 11.0 Å². The van der Waals surface area contributed by atoms with Crippen molar-refractivity contribution in [3.05, 3.63) is 54.1 Å². The van der Waals surface area contributed by atoms with Crippen LogP contribution in [0.2, 0.25) is 0 Å². The minimum absolute atomic E-state index is 0.392. The zero-order chi connectivity index (χ0) is 13.4. The van der Waals surface area contributed by atoms with E-state index in [1.165, 1.54) is 16.6 Å². The van der Waals surface area contributed by atoms with E-state index in [1.807, 2.05) is 6.07 Å². The first-order chi connectivity index (χ1) is 9.16. The molecule has 3 aromatic rings. The van der Waals surface area contributed by atoms with Crippen LogP contribution in [0.3, 0.4) is 0 Å². The molecule has 2 heteroatoms. The molecule has 3 rings (SSSR count). The van der Waals surface area contributed by atoms with Gasteiger partial charge in [-0.25, -0.2) is 4.98 Å². The van der Waals surface area contributed by atoms with Crippen molar-refractivity contribution in [1.82, 2.24) is 9.55 Å². The molecule has 0 aliphatic carbocycles. The number of benzene rings is 2. The van der Waals surface area contributed by atoms with Gasteiger partial charge in [0, 0.05) is 11.6 Å². The van der Waals surface area contributed by atoms with Crippen molar-refractivity contribution in [2.24, 2.45) is 0 Å². The summed E-state index contributed by atoms with van der Waals surface area (Å²) >= 11 is 0. The molecule has 19 heavy (non-hydrogen) atoms. The Morgan fingerprint density at radius 1 is 0.947 bits per heavy atom. The molecule has 0 amide bonds. The number of nitrogens with zero attached hydrogens (tertiary/aromatic N) is 2. The highest BCUT2D eigenvalue weighted by Gasteiger charge is 2.14. The number of imidazole rings is 1. The molecule has 1 heterocycles. The van der Waals surface area contributed by atoms with E-state index in [9.17, 15) is 0 Å². The van der Waals surface area contributed by atoms with Gasteiger partial charge in [0.15, 0.2) is 0 Å². The number of rotatable bonds is 2. The Balaban J connectivity index is 2.28. The van der Waals surface area contributed by atoms with E-state index in [1.54, 1.807) is 0 Å². The molecule has 0 saturated heterocycles. The number of aryl methyl sites for hydroxylation is 1. The highest BCUT2D eigenvalue weighted by atomic mass is 15.1. The van der Waals surface area contributed by atoms with Gasteiger partial charge in [-0.1, -0.05) is 42.0 Å². The van der Waals surface area contributed by atoms with E-state index in [2.05, 4.69) is 67.8 Å². The number of hydrogen-bond donors (Lipinski definition) is 0. The van der Waals surface area contributed by atoms with Gasteiger partial charge in [-0.2, -0.15) is 0 Å². The normalized spacial score (nSPS) is 11.4. The molecule has 0 aliphatic heterocycles. The Bertz CT molecular complexity index is 706. The monoisotopic (exact) mass is 250 g/mol. The zero-order valence-electron chi connectivity index (χ0n) is 11.6. The van der Waals surface area contributed by atoms with Crippen molar-refractivity contribution in [2.75, 3.05) is 0 Å². The third-order valence-corrected chi connectivity index (χ3v) is 3.42. The SMILES string of the molecule is Cc1ccc(-c2nc3ccccc3n2C(C)C)cc1. The third kappa shape index (κ3) is 2.03. The van der Waals surface area contributed by atoms with Crippen LogP contribution in [0.15, 0.2) is 48.5 Å². The van der Waals surface area contributed by atoms with Gasteiger partial charge in [-0.3, -0.25) is 0 Å². The van der Waals surface area contributed by atoms with Crippen LogP contribution in [-0.2, 0) is 0 Å². The Morgan fingerprint density at radius 3 is 2.32 bits per heavy atom. The lowest BCUT2D eigenvalue weighted by Crippen LogP contribution is -2.02. The summed E-state index contributed by atoms with van der Waals surface area (Å²) in [6.45, 7) is 6.51. The molecule has 0 radical (unpaired) electrons. The number of hydrogen-bond acceptors (Lipinski definition) is 1. The summed E-state index contributed by atoms with van der Waals surface area (Å²) in [4.78, 5) is 4.80.